The Morgan fingerprint density at radius 2 is 1.68 bits per heavy atom. The van der Waals surface area contributed by atoms with Gasteiger partial charge in [0.25, 0.3) is 0 Å². The number of likely N-dealkylation sites (N-methyl/N-ethyl adjacent to an activating group) is 1. The van der Waals surface area contributed by atoms with Gasteiger partial charge in [-0.05, 0) is 49.2 Å². The molecule has 1 aromatic heterocycles. The molecule has 2 aromatic carbocycles. The van der Waals surface area contributed by atoms with Crippen LogP contribution in [0.15, 0.2) is 47.4 Å². The number of benzene rings is 2. The van der Waals surface area contributed by atoms with E-state index in [9.17, 15) is 13.7 Å². The summed E-state index contributed by atoms with van der Waals surface area (Å²) in [5.41, 5.74) is 3.34. The molecule has 1 saturated heterocycles. The highest BCUT2D eigenvalue weighted by molar-refractivity contribution is 7.92. The van der Waals surface area contributed by atoms with Crippen LogP contribution in [0.3, 0.4) is 0 Å². The molecule has 160 valence electrons. The van der Waals surface area contributed by atoms with E-state index in [0.29, 0.717) is 16.9 Å². The normalized spacial score (nSPS) is 16.3. The SMILES string of the molecule is Cc1ccc(S(=O)(=O)[C@H](C#N)c2nc3ccccc3nc2N2CC[NH+](C)CC2)cc1C. The Labute approximate surface area is 182 Å². The highest BCUT2D eigenvalue weighted by Crippen LogP contribution is 2.34. The highest BCUT2D eigenvalue weighted by atomic mass is 32.2. The summed E-state index contributed by atoms with van der Waals surface area (Å²) in [5.74, 6) is 0.491. The van der Waals surface area contributed by atoms with Gasteiger partial charge in [0, 0.05) is 0 Å². The molecule has 0 saturated carbocycles. The third kappa shape index (κ3) is 3.99. The number of quaternary nitrogens is 1. The van der Waals surface area contributed by atoms with Gasteiger partial charge in [0.05, 0.1) is 55.2 Å². The summed E-state index contributed by atoms with van der Waals surface area (Å²) >= 11 is 0. The van der Waals surface area contributed by atoms with Crippen molar-refractivity contribution in [2.24, 2.45) is 0 Å². The molecule has 4 rings (SSSR count). The molecular formula is C23H26N5O2S+. The Hall–Kier alpha value is -3.02. The summed E-state index contributed by atoms with van der Waals surface area (Å²) < 4.78 is 27.1. The fraction of sp³-hybridized carbons (Fsp3) is 0.348. The Kier molecular flexibility index (Phi) is 5.65. The number of nitriles is 1. The standard InChI is InChI=1S/C23H25N5O2S/c1-16-8-9-18(14-17(16)2)31(29,30)21(15-24)22-23(28-12-10-27(3)11-13-28)26-20-7-5-4-6-19(20)25-22/h4-9,14,21H,10-13H2,1-3H3/p+1/t21-/m1/s1. The number of sulfone groups is 1. The zero-order valence-electron chi connectivity index (χ0n) is 18.0. The molecule has 0 bridgehead atoms. The number of nitrogens with zero attached hydrogens (tertiary/aromatic N) is 4. The van der Waals surface area contributed by atoms with Crippen LogP contribution in [0.2, 0.25) is 0 Å². The van der Waals surface area contributed by atoms with Crippen LogP contribution in [0.5, 0.6) is 0 Å². The van der Waals surface area contributed by atoms with Gasteiger partial charge in [0.15, 0.2) is 11.1 Å². The van der Waals surface area contributed by atoms with E-state index in [4.69, 9.17) is 4.98 Å². The zero-order valence-corrected chi connectivity index (χ0v) is 18.8. The first-order valence-corrected chi connectivity index (χ1v) is 11.9. The van der Waals surface area contributed by atoms with Gasteiger partial charge in [0.2, 0.25) is 9.84 Å². The number of anilines is 1. The number of aryl methyl sites for hydroxylation is 2. The molecule has 0 radical (unpaired) electrons. The van der Waals surface area contributed by atoms with Crippen LogP contribution < -0.4 is 9.80 Å². The molecule has 1 aliphatic heterocycles. The summed E-state index contributed by atoms with van der Waals surface area (Å²) in [6, 6.07) is 14.3. The molecule has 31 heavy (non-hydrogen) atoms. The molecule has 0 unspecified atom stereocenters. The molecule has 1 aliphatic rings. The van der Waals surface area contributed by atoms with Crippen molar-refractivity contribution in [3.8, 4) is 6.07 Å². The summed E-state index contributed by atoms with van der Waals surface area (Å²) in [7, 11) is -1.85. The van der Waals surface area contributed by atoms with Crippen molar-refractivity contribution in [2.45, 2.75) is 24.0 Å². The van der Waals surface area contributed by atoms with E-state index >= 15 is 0 Å². The van der Waals surface area contributed by atoms with Gasteiger partial charge >= 0.3 is 0 Å². The van der Waals surface area contributed by atoms with Crippen LogP contribution in [0.4, 0.5) is 5.82 Å². The molecule has 2 heterocycles. The van der Waals surface area contributed by atoms with Crippen molar-refractivity contribution in [1.82, 2.24) is 9.97 Å². The van der Waals surface area contributed by atoms with Gasteiger partial charge < -0.3 is 9.80 Å². The Morgan fingerprint density at radius 1 is 1.03 bits per heavy atom. The van der Waals surface area contributed by atoms with Gasteiger partial charge in [-0.2, -0.15) is 5.26 Å². The molecule has 0 aliphatic carbocycles. The highest BCUT2D eigenvalue weighted by Gasteiger charge is 2.35. The average Bonchev–Trinajstić information content (AvgIpc) is 2.76. The quantitative estimate of drug-likeness (QED) is 0.668. The summed E-state index contributed by atoms with van der Waals surface area (Å²) in [4.78, 5) is 13.0. The first-order chi connectivity index (χ1) is 14.8. The molecule has 1 atom stereocenters. The van der Waals surface area contributed by atoms with E-state index in [1.165, 1.54) is 4.90 Å². The Balaban J connectivity index is 1.88. The number of nitrogens with one attached hydrogen (secondary N) is 1. The molecule has 0 spiro atoms. The molecule has 0 amide bonds. The number of fused-ring (bicyclic) bond motifs is 1. The van der Waals surface area contributed by atoms with E-state index in [1.807, 2.05) is 38.1 Å². The van der Waals surface area contributed by atoms with Crippen molar-refractivity contribution in [1.29, 1.82) is 5.26 Å². The lowest BCUT2D eigenvalue weighted by Crippen LogP contribution is -3.12. The Bertz CT molecular complexity index is 1270. The van der Waals surface area contributed by atoms with Gasteiger partial charge in [-0.15, -0.1) is 0 Å². The molecule has 1 fully saturated rings. The lowest BCUT2D eigenvalue weighted by molar-refractivity contribution is -0.880. The first-order valence-electron chi connectivity index (χ1n) is 10.3. The topological polar surface area (TPSA) is 91.4 Å². The van der Waals surface area contributed by atoms with Crippen molar-refractivity contribution < 1.29 is 13.3 Å². The second-order valence-corrected chi connectivity index (χ2v) is 10.2. The van der Waals surface area contributed by atoms with Gasteiger partial charge in [-0.3, -0.25) is 0 Å². The smallest absolute Gasteiger partial charge is 0.200 e. The maximum Gasteiger partial charge on any atom is 0.200 e. The second kappa shape index (κ2) is 8.25. The van der Waals surface area contributed by atoms with Gasteiger partial charge in [0.1, 0.15) is 5.69 Å². The summed E-state index contributed by atoms with van der Waals surface area (Å²) in [6.07, 6.45) is 0. The number of para-hydroxylation sites is 2. The monoisotopic (exact) mass is 436 g/mol. The van der Waals surface area contributed by atoms with E-state index in [2.05, 4.69) is 16.9 Å². The fourth-order valence-corrected chi connectivity index (χ4v) is 5.28. The molecule has 7 nitrogen and oxygen atoms in total. The average molecular weight is 437 g/mol. The van der Waals surface area contributed by atoms with Crippen molar-refractivity contribution in [3.63, 3.8) is 0 Å². The van der Waals surface area contributed by atoms with Crippen LogP contribution in [-0.4, -0.2) is 51.6 Å². The summed E-state index contributed by atoms with van der Waals surface area (Å²) in [5, 5.41) is 8.58. The summed E-state index contributed by atoms with van der Waals surface area (Å²) in [6.45, 7) is 7.07. The van der Waals surface area contributed by atoms with E-state index in [-0.39, 0.29) is 10.6 Å². The molecular weight excluding hydrogens is 410 g/mol. The third-order valence-electron chi connectivity index (χ3n) is 5.98. The second-order valence-electron chi connectivity index (χ2n) is 8.17. The van der Waals surface area contributed by atoms with E-state index in [1.54, 1.807) is 24.3 Å². The van der Waals surface area contributed by atoms with Crippen LogP contribution in [0.1, 0.15) is 22.1 Å². The van der Waals surface area contributed by atoms with E-state index in [0.717, 1.165) is 37.3 Å². The zero-order chi connectivity index (χ0) is 22.2. The van der Waals surface area contributed by atoms with Gasteiger partial charge in [-0.25, -0.2) is 18.4 Å². The number of piperazine rings is 1. The lowest BCUT2D eigenvalue weighted by atomic mass is 10.1. The van der Waals surface area contributed by atoms with Crippen LogP contribution in [0.25, 0.3) is 11.0 Å². The number of hydrogen-bond acceptors (Lipinski definition) is 6. The maximum atomic E-state index is 13.5. The molecule has 3 aromatic rings. The van der Waals surface area contributed by atoms with Crippen LogP contribution in [-0.2, 0) is 9.84 Å². The first kappa shape index (κ1) is 21.2. The fourth-order valence-electron chi connectivity index (χ4n) is 3.82. The number of hydrogen-bond donors (Lipinski definition) is 1. The molecule has 1 N–H and O–H groups in total. The largest absolute Gasteiger partial charge is 0.344 e. The van der Waals surface area contributed by atoms with Crippen LogP contribution in [0, 0.1) is 25.2 Å². The lowest BCUT2D eigenvalue weighted by Gasteiger charge is -2.32. The minimum Gasteiger partial charge on any atom is -0.344 e. The third-order valence-corrected chi connectivity index (χ3v) is 7.84. The Morgan fingerprint density at radius 3 is 2.29 bits per heavy atom. The number of aromatic nitrogens is 2. The molecule has 8 heteroatoms. The minimum atomic E-state index is -3.98. The van der Waals surface area contributed by atoms with Crippen molar-refractivity contribution in [2.75, 3.05) is 38.1 Å². The predicted octanol–water partition coefficient (Wildman–Crippen LogP) is 1.62. The minimum absolute atomic E-state index is 0.130. The van der Waals surface area contributed by atoms with Gasteiger partial charge in [-0.1, -0.05) is 18.2 Å². The number of rotatable bonds is 4. The van der Waals surface area contributed by atoms with Crippen molar-refractivity contribution >= 4 is 26.7 Å². The van der Waals surface area contributed by atoms with E-state index < -0.39 is 15.1 Å². The predicted molar refractivity (Wildman–Crippen MR) is 120 cm³/mol. The maximum absolute atomic E-state index is 13.5. The van der Waals surface area contributed by atoms with Crippen LogP contribution >= 0.6 is 0 Å². The van der Waals surface area contributed by atoms with Crippen molar-refractivity contribution in [3.05, 3.63) is 59.3 Å².